The van der Waals surface area contributed by atoms with Crippen molar-refractivity contribution >= 4 is 0 Å². The molecule has 2 aromatic rings. The maximum Gasteiger partial charge on any atom is 0.122 e. The van der Waals surface area contributed by atoms with E-state index in [9.17, 15) is 5.11 Å². The maximum atomic E-state index is 9.19. The third-order valence-corrected chi connectivity index (χ3v) is 2.98. The van der Waals surface area contributed by atoms with Crippen LogP contribution in [-0.4, -0.2) is 12.2 Å². The van der Waals surface area contributed by atoms with Crippen LogP contribution in [0.1, 0.15) is 22.3 Å². The molecule has 2 rings (SSSR count). The van der Waals surface area contributed by atoms with Crippen molar-refractivity contribution in [3.8, 4) is 11.8 Å². The van der Waals surface area contributed by atoms with Crippen molar-refractivity contribution < 1.29 is 9.84 Å². The van der Waals surface area contributed by atoms with E-state index >= 15 is 0 Å². The van der Waals surface area contributed by atoms with Crippen LogP contribution in [0.2, 0.25) is 0 Å². The van der Waals surface area contributed by atoms with Gasteiger partial charge in [-0.25, -0.2) is 0 Å². The van der Waals surface area contributed by atoms with Crippen LogP contribution in [0.3, 0.4) is 0 Å². The molecule has 0 aromatic heterocycles. The third kappa shape index (κ3) is 3.12. The fourth-order valence-electron chi connectivity index (χ4n) is 2.04. The van der Waals surface area contributed by atoms with Crippen molar-refractivity contribution in [3.05, 3.63) is 64.7 Å². The number of rotatable bonds is 4. The van der Waals surface area contributed by atoms with Gasteiger partial charge >= 0.3 is 0 Å². The van der Waals surface area contributed by atoms with E-state index in [1.165, 1.54) is 0 Å². The molecule has 0 unspecified atom stereocenters. The summed E-state index contributed by atoms with van der Waals surface area (Å²) >= 11 is 0. The zero-order valence-electron chi connectivity index (χ0n) is 10.8. The smallest absolute Gasteiger partial charge is 0.122 e. The first kappa shape index (κ1) is 13.1. The van der Waals surface area contributed by atoms with Crippen molar-refractivity contribution in [3.63, 3.8) is 0 Å². The van der Waals surface area contributed by atoms with E-state index in [4.69, 9.17) is 10.00 Å². The average molecular weight is 253 g/mol. The quantitative estimate of drug-likeness (QED) is 0.911. The highest BCUT2D eigenvalue weighted by Crippen LogP contribution is 2.23. The number of aliphatic hydroxyl groups is 1. The molecule has 1 N–H and O–H groups in total. The van der Waals surface area contributed by atoms with Crippen molar-refractivity contribution in [2.45, 2.75) is 13.0 Å². The minimum atomic E-state index is 0.00916. The summed E-state index contributed by atoms with van der Waals surface area (Å²) < 4.78 is 5.33. The Morgan fingerprint density at radius 2 is 2.00 bits per heavy atom. The predicted octanol–water partition coefficient (Wildman–Crippen LogP) is 2.65. The molecule has 0 saturated heterocycles. The van der Waals surface area contributed by atoms with Gasteiger partial charge in [-0.1, -0.05) is 18.2 Å². The van der Waals surface area contributed by atoms with Crippen molar-refractivity contribution in [1.29, 1.82) is 5.26 Å². The molecule has 19 heavy (non-hydrogen) atoms. The summed E-state index contributed by atoms with van der Waals surface area (Å²) in [5, 5.41) is 18.1. The number of ether oxygens (including phenoxy) is 1. The maximum absolute atomic E-state index is 9.19. The molecule has 0 aliphatic carbocycles. The lowest BCUT2D eigenvalue weighted by Crippen LogP contribution is -1.96. The fourth-order valence-corrected chi connectivity index (χ4v) is 2.04. The molecule has 0 heterocycles. The Hall–Kier alpha value is -2.31. The lowest BCUT2D eigenvalue weighted by atomic mass is 10.0. The second-order valence-electron chi connectivity index (χ2n) is 4.29. The molecule has 96 valence electrons. The molecule has 0 saturated carbocycles. The second kappa shape index (κ2) is 6.03. The first-order chi connectivity index (χ1) is 9.26. The molecule has 0 atom stereocenters. The van der Waals surface area contributed by atoms with Gasteiger partial charge in [0, 0.05) is 6.42 Å². The van der Waals surface area contributed by atoms with E-state index in [0.29, 0.717) is 12.0 Å². The van der Waals surface area contributed by atoms with E-state index in [2.05, 4.69) is 6.07 Å². The molecule has 0 spiro atoms. The van der Waals surface area contributed by atoms with Crippen LogP contribution >= 0.6 is 0 Å². The van der Waals surface area contributed by atoms with Gasteiger partial charge in [-0.15, -0.1) is 0 Å². The summed E-state index contributed by atoms with van der Waals surface area (Å²) in [5.41, 5.74) is 3.55. The molecule has 3 heteroatoms. The Balaban J connectivity index is 2.33. The standard InChI is InChI=1S/C16H15NO2/c1-19-16-6-5-14(11-18)9-15(16)8-12-3-2-4-13(7-12)10-17/h2-7,9,18H,8,11H2,1H3. The second-order valence-corrected chi connectivity index (χ2v) is 4.29. The number of hydrogen-bond acceptors (Lipinski definition) is 3. The van der Waals surface area contributed by atoms with Gasteiger partial charge < -0.3 is 9.84 Å². The van der Waals surface area contributed by atoms with Gasteiger partial charge in [0.15, 0.2) is 0 Å². The number of benzene rings is 2. The summed E-state index contributed by atoms with van der Waals surface area (Å²) in [7, 11) is 1.63. The number of hydrogen-bond donors (Lipinski definition) is 1. The first-order valence-corrected chi connectivity index (χ1v) is 6.02. The van der Waals surface area contributed by atoms with E-state index in [-0.39, 0.29) is 6.61 Å². The number of nitrogens with zero attached hydrogens (tertiary/aromatic N) is 1. The van der Waals surface area contributed by atoms with Crippen LogP contribution in [-0.2, 0) is 13.0 Å². The van der Waals surface area contributed by atoms with Crippen LogP contribution in [0.4, 0.5) is 0 Å². The highest BCUT2D eigenvalue weighted by Gasteiger charge is 2.06. The molecule has 0 radical (unpaired) electrons. The van der Waals surface area contributed by atoms with Crippen molar-refractivity contribution in [2.24, 2.45) is 0 Å². The van der Waals surface area contributed by atoms with E-state index in [0.717, 1.165) is 22.4 Å². The van der Waals surface area contributed by atoms with E-state index in [1.807, 2.05) is 36.4 Å². The van der Waals surface area contributed by atoms with Gasteiger partial charge in [-0.2, -0.15) is 5.26 Å². The van der Waals surface area contributed by atoms with Crippen LogP contribution in [0.15, 0.2) is 42.5 Å². The highest BCUT2D eigenvalue weighted by atomic mass is 16.5. The van der Waals surface area contributed by atoms with Gasteiger partial charge in [-0.3, -0.25) is 0 Å². The summed E-state index contributed by atoms with van der Waals surface area (Å²) in [6.45, 7) is 0.00916. The third-order valence-electron chi connectivity index (χ3n) is 2.98. The topological polar surface area (TPSA) is 53.2 Å². The minimum absolute atomic E-state index is 0.00916. The lowest BCUT2D eigenvalue weighted by molar-refractivity contribution is 0.281. The Labute approximate surface area is 112 Å². The zero-order valence-corrected chi connectivity index (χ0v) is 10.8. The molecular formula is C16H15NO2. The van der Waals surface area contributed by atoms with E-state index < -0.39 is 0 Å². The molecule has 3 nitrogen and oxygen atoms in total. The molecular weight excluding hydrogens is 238 g/mol. The van der Waals surface area contributed by atoms with Crippen LogP contribution in [0.5, 0.6) is 5.75 Å². The molecule has 2 aromatic carbocycles. The Kier molecular flexibility index (Phi) is 4.17. The summed E-state index contributed by atoms with van der Waals surface area (Å²) in [4.78, 5) is 0. The first-order valence-electron chi connectivity index (χ1n) is 6.02. The summed E-state index contributed by atoms with van der Waals surface area (Å²) in [6, 6.07) is 15.3. The zero-order chi connectivity index (χ0) is 13.7. The Morgan fingerprint density at radius 3 is 2.68 bits per heavy atom. The SMILES string of the molecule is COc1ccc(CO)cc1Cc1cccc(C#N)c1. The largest absolute Gasteiger partial charge is 0.496 e. The number of nitriles is 1. The highest BCUT2D eigenvalue weighted by molar-refractivity contribution is 5.42. The fraction of sp³-hybridized carbons (Fsp3) is 0.188. The van der Waals surface area contributed by atoms with Gasteiger partial charge in [0.05, 0.1) is 25.3 Å². The van der Waals surface area contributed by atoms with Crippen molar-refractivity contribution in [2.75, 3.05) is 7.11 Å². The van der Waals surface area contributed by atoms with Gasteiger partial charge in [0.1, 0.15) is 5.75 Å². The normalized spacial score (nSPS) is 9.95. The predicted molar refractivity (Wildman–Crippen MR) is 72.9 cm³/mol. The molecule has 0 fully saturated rings. The Morgan fingerprint density at radius 1 is 1.16 bits per heavy atom. The number of aliphatic hydroxyl groups excluding tert-OH is 1. The van der Waals surface area contributed by atoms with Gasteiger partial charge in [-0.05, 0) is 41.0 Å². The van der Waals surface area contributed by atoms with Gasteiger partial charge in [0.2, 0.25) is 0 Å². The molecule has 0 bridgehead atoms. The van der Waals surface area contributed by atoms with Crippen molar-refractivity contribution in [1.82, 2.24) is 0 Å². The van der Waals surface area contributed by atoms with Crippen LogP contribution in [0.25, 0.3) is 0 Å². The van der Waals surface area contributed by atoms with Crippen LogP contribution in [0, 0.1) is 11.3 Å². The van der Waals surface area contributed by atoms with Crippen LogP contribution < -0.4 is 4.74 Å². The molecule has 0 aliphatic heterocycles. The Bertz CT molecular complexity index is 614. The lowest BCUT2D eigenvalue weighted by Gasteiger charge is -2.10. The summed E-state index contributed by atoms with van der Waals surface area (Å²) in [5.74, 6) is 0.791. The van der Waals surface area contributed by atoms with E-state index in [1.54, 1.807) is 13.2 Å². The average Bonchev–Trinajstić information content (AvgIpc) is 2.47. The minimum Gasteiger partial charge on any atom is -0.496 e. The summed E-state index contributed by atoms with van der Waals surface area (Å²) in [6.07, 6.45) is 0.673. The molecule has 0 amide bonds. The number of methoxy groups -OCH3 is 1. The monoisotopic (exact) mass is 253 g/mol. The molecule has 0 aliphatic rings. The van der Waals surface area contributed by atoms with Gasteiger partial charge in [0.25, 0.3) is 0 Å².